The highest BCUT2D eigenvalue weighted by molar-refractivity contribution is 5.97. The summed E-state index contributed by atoms with van der Waals surface area (Å²) in [7, 11) is 0. The Morgan fingerprint density at radius 2 is 2.08 bits per heavy atom. The van der Waals surface area contributed by atoms with Crippen molar-refractivity contribution in [3.8, 4) is 0 Å². The lowest BCUT2D eigenvalue weighted by atomic mass is 10.1. The van der Waals surface area contributed by atoms with Crippen molar-refractivity contribution in [2.75, 3.05) is 19.6 Å². The smallest absolute Gasteiger partial charge is 0.251 e. The highest BCUT2D eigenvalue weighted by Gasteiger charge is 2.21. The van der Waals surface area contributed by atoms with Crippen molar-refractivity contribution in [1.29, 1.82) is 0 Å². The molecule has 1 N–H and O–H groups in total. The minimum absolute atomic E-state index is 0.00801. The van der Waals surface area contributed by atoms with Crippen LogP contribution in [0.5, 0.6) is 0 Å². The van der Waals surface area contributed by atoms with Crippen LogP contribution in [0.3, 0.4) is 0 Å². The van der Waals surface area contributed by atoms with Gasteiger partial charge in [0.2, 0.25) is 0 Å². The molecule has 0 radical (unpaired) electrons. The first-order chi connectivity index (χ1) is 12.7. The van der Waals surface area contributed by atoms with Crippen LogP contribution in [-0.4, -0.2) is 45.4 Å². The molecule has 0 spiro atoms. The summed E-state index contributed by atoms with van der Waals surface area (Å²) < 4.78 is 7.39. The van der Waals surface area contributed by atoms with Gasteiger partial charge in [-0.2, -0.15) is 0 Å². The van der Waals surface area contributed by atoms with Crippen LogP contribution in [0.25, 0.3) is 11.0 Å². The monoisotopic (exact) mass is 355 g/mol. The maximum absolute atomic E-state index is 12.6. The summed E-state index contributed by atoms with van der Waals surface area (Å²) in [4.78, 5) is 14.9. The number of likely N-dealkylation sites (N-methyl/N-ethyl adjacent to an activating group) is 1. The van der Waals surface area contributed by atoms with E-state index in [1.165, 1.54) is 0 Å². The summed E-state index contributed by atoms with van der Waals surface area (Å²) in [5.41, 5.74) is 2.24. The van der Waals surface area contributed by atoms with Crippen LogP contribution in [0.4, 0.5) is 0 Å². The van der Waals surface area contributed by atoms with Crippen LogP contribution in [0, 0.1) is 0 Å². The normalized spacial score (nSPS) is 12.6. The van der Waals surface area contributed by atoms with E-state index in [1.807, 2.05) is 35.9 Å². The quantitative estimate of drug-likeness (QED) is 0.672. The fourth-order valence-corrected chi connectivity index (χ4v) is 3.19. The van der Waals surface area contributed by atoms with Crippen LogP contribution in [-0.2, 0) is 6.54 Å². The van der Waals surface area contributed by atoms with Crippen LogP contribution in [0.1, 0.15) is 42.9 Å². The second kappa shape index (κ2) is 8.14. The topological polar surface area (TPSA) is 76.2 Å². The standard InChI is InChI=1S/C19H25N5O2/c1-4-23(5-2)17(18-8-7-11-26-18)13-20-19(25)14-9-10-16-15(12-14)21-22-24(16)6-3/h7-12,17H,4-6,13H2,1-3H3,(H,20,25). The number of rotatable bonds is 8. The third-order valence-corrected chi connectivity index (χ3v) is 4.66. The van der Waals surface area contributed by atoms with Crippen molar-refractivity contribution in [3.63, 3.8) is 0 Å². The summed E-state index contributed by atoms with van der Waals surface area (Å²) in [6.45, 7) is 9.20. The molecule has 1 aromatic carbocycles. The Morgan fingerprint density at radius 3 is 2.73 bits per heavy atom. The average Bonchev–Trinajstić information content (AvgIpc) is 3.33. The molecule has 0 aliphatic rings. The van der Waals surface area contributed by atoms with E-state index in [9.17, 15) is 4.79 Å². The summed E-state index contributed by atoms with van der Waals surface area (Å²) in [5.74, 6) is 0.733. The van der Waals surface area contributed by atoms with E-state index in [0.29, 0.717) is 12.1 Å². The number of fused-ring (bicyclic) bond motifs is 1. The number of carbonyl (C=O) groups excluding carboxylic acids is 1. The van der Waals surface area contributed by atoms with Crippen LogP contribution < -0.4 is 5.32 Å². The largest absolute Gasteiger partial charge is 0.468 e. The van der Waals surface area contributed by atoms with Crippen molar-refractivity contribution < 1.29 is 9.21 Å². The molecule has 7 nitrogen and oxygen atoms in total. The number of hydrogen-bond donors (Lipinski definition) is 1. The molecule has 2 heterocycles. The van der Waals surface area contributed by atoms with Gasteiger partial charge in [0.05, 0.1) is 17.8 Å². The van der Waals surface area contributed by atoms with Gasteiger partial charge in [-0.05, 0) is 50.3 Å². The fraction of sp³-hybridized carbons (Fsp3) is 0.421. The van der Waals surface area contributed by atoms with E-state index >= 15 is 0 Å². The Bertz CT molecular complexity index is 852. The highest BCUT2D eigenvalue weighted by Crippen LogP contribution is 2.20. The predicted molar refractivity (Wildman–Crippen MR) is 99.9 cm³/mol. The van der Waals surface area contributed by atoms with Crippen molar-refractivity contribution >= 4 is 16.9 Å². The minimum Gasteiger partial charge on any atom is -0.468 e. The molecular weight excluding hydrogens is 330 g/mol. The van der Waals surface area contributed by atoms with Gasteiger partial charge in [-0.15, -0.1) is 5.10 Å². The number of nitrogens with zero attached hydrogens (tertiary/aromatic N) is 4. The highest BCUT2D eigenvalue weighted by atomic mass is 16.3. The second-order valence-corrected chi connectivity index (χ2v) is 6.07. The summed E-state index contributed by atoms with van der Waals surface area (Å²) >= 11 is 0. The van der Waals surface area contributed by atoms with Crippen LogP contribution >= 0.6 is 0 Å². The minimum atomic E-state index is -0.123. The molecule has 0 aliphatic carbocycles. The van der Waals surface area contributed by atoms with Gasteiger partial charge in [0.25, 0.3) is 5.91 Å². The molecule has 1 unspecified atom stereocenters. The lowest BCUT2D eigenvalue weighted by Crippen LogP contribution is -2.37. The van der Waals surface area contributed by atoms with Gasteiger partial charge in [-0.3, -0.25) is 9.69 Å². The van der Waals surface area contributed by atoms with Gasteiger partial charge >= 0.3 is 0 Å². The number of amides is 1. The Morgan fingerprint density at radius 1 is 1.27 bits per heavy atom. The molecule has 26 heavy (non-hydrogen) atoms. The third-order valence-electron chi connectivity index (χ3n) is 4.66. The van der Waals surface area contributed by atoms with Crippen molar-refractivity contribution in [2.45, 2.75) is 33.4 Å². The molecule has 0 saturated carbocycles. The molecule has 1 atom stereocenters. The first kappa shape index (κ1) is 18.1. The van der Waals surface area contributed by atoms with Gasteiger partial charge in [0.15, 0.2) is 0 Å². The first-order valence-corrected chi connectivity index (χ1v) is 9.06. The van der Waals surface area contributed by atoms with Crippen molar-refractivity contribution in [3.05, 3.63) is 47.9 Å². The third kappa shape index (κ3) is 3.62. The lowest BCUT2D eigenvalue weighted by Gasteiger charge is -2.28. The number of benzene rings is 1. The van der Waals surface area contributed by atoms with E-state index < -0.39 is 0 Å². The Labute approximate surface area is 153 Å². The van der Waals surface area contributed by atoms with Gasteiger partial charge in [-0.25, -0.2) is 4.68 Å². The molecule has 3 rings (SSSR count). The summed E-state index contributed by atoms with van der Waals surface area (Å²) in [5, 5.41) is 11.2. The second-order valence-electron chi connectivity index (χ2n) is 6.07. The maximum atomic E-state index is 12.6. The van der Waals surface area contributed by atoms with E-state index in [1.54, 1.807) is 12.3 Å². The molecular formula is C19H25N5O2. The number of furan rings is 1. The number of aryl methyl sites for hydroxylation is 1. The zero-order valence-electron chi connectivity index (χ0n) is 15.5. The van der Waals surface area contributed by atoms with Crippen LogP contribution in [0.2, 0.25) is 0 Å². The number of aromatic nitrogens is 3. The Kier molecular flexibility index (Phi) is 5.68. The predicted octanol–water partition coefficient (Wildman–Crippen LogP) is 2.86. The Hall–Kier alpha value is -2.67. The van der Waals surface area contributed by atoms with Gasteiger partial charge in [0.1, 0.15) is 11.3 Å². The van der Waals surface area contributed by atoms with Crippen molar-refractivity contribution in [2.24, 2.45) is 0 Å². The molecule has 0 saturated heterocycles. The fourth-order valence-electron chi connectivity index (χ4n) is 3.19. The number of carbonyl (C=O) groups is 1. The van der Waals surface area contributed by atoms with E-state index in [-0.39, 0.29) is 11.9 Å². The zero-order chi connectivity index (χ0) is 18.5. The van der Waals surface area contributed by atoms with E-state index in [2.05, 4.69) is 34.4 Å². The van der Waals surface area contributed by atoms with Crippen molar-refractivity contribution in [1.82, 2.24) is 25.2 Å². The SMILES string of the molecule is CCN(CC)C(CNC(=O)c1ccc2c(c1)nnn2CC)c1ccco1. The van der Waals surface area contributed by atoms with Gasteiger partial charge in [0, 0.05) is 18.7 Å². The number of nitrogens with one attached hydrogen (secondary N) is 1. The molecule has 1 amide bonds. The molecule has 0 aliphatic heterocycles. The molecule has 0 bridgehead atoms. The van der Waals surface area contributed by atoms with Gasteiger partial charge < -0.3 is 9.73 Å². The first-order valence-electron chi connectivity index (χ1n) is 9.06. The molecule has 7 heteroatoms. The Balaban J connectivity index is 1.74. The zero-order valence-corrected chi connectivity index (χ0v) is 15.5. The molecule has 138 valence electrons. The summed E-state index contributed by atoms with van der Waals surface area (Å²) in [6, 6.07) is 9.31. The van der Waals surface area contributed by atoms with E-state index in [0.717, 1.165) is 36.4 Å². The molecule has 0 fully saturated rings. The molecule has 3 aromatic rings. The maximum Gasteiger partial charge on any atom is 0.251 e. The van der Waals surface area contributed by atoms with Crippen LogP contribution in [0.15, 0.2) is 41.0 Å². The van der Waals surface area contributed by atoms with E-state index in [4.69, 9.17) is 4.42 Å². The van der Waals surface area contributed by atoms with Gasteiger partial charge in [-0.1, -0.05) is 19.1 Å². The average molecular weight is 355 g/mol. The summed E-state index contributed by atoms with van der Waals surface area (Å²) in [6.07, 6.45) is 1.67. The molecule has 2 aromatic heterocycles. The lowest BCUT2D eigenvalue weighted by molar-refractivity contribution is 0.0930. The number of hydrogen-bond acceptors (Lipinski definition) is 5.